The molecule has 94 valence electrons. The minimum absolute atomic E-state index is 0.369. The highest BCUT2D eigenvalue weighted by Gasteiger charge is 2.05. The molecule has 2 aromatic carbocycles. The van der Waals surface area contributed by atoms with Gasteiger partial charge in [-0.15, -0.1) is 0 Å². The predicted molar refractivity (Wildman–Crippen MR) is 72.4 cm³/mol. The fraction of sp³-hybridized carbons (Fsp3) is 0.143. The first kappa shape index (κ1) is 12.7. The molecule has 4 heteroatoms. The maximum Gasteiger partial charge on any atom is 0.150 e. The van der Waals surface area contributed by atoms with E-state index < -0.39 is 0 Å². The summed E-state index contributed by atoms with van der Waals surface area (Å²) in [6.45, 7) is 1.92. The van der Waals surface area contributed by atoms with Crippen molar-refractivity contribution in [3.05, 3.63) is 52.8 Å². The van der Waals surface area contributed by atoms with Crippen LogP contribution in [0, 0.1) is 12.7 Å². The average Bonchev–Trinajstić information content (AvgIpc) is 2.36. The van der Waals surface area contributed by atoms with E-state index in [1.807, 2.05) is 19.1 Å². The van der Waals surface area contributed by atoms with Crippen LogP contribution >= 0.6 is 11.6 Å². The van der Waals surface area contributed by atoms with Crippen LogP contribution in [0.25, 0.3) is 0 Å². The summed E-state index contributed by atoms with van der Waals surface area (Å²) in [5.41, 5.74) is 2.11. The van der Waals surface area contributed by atoms with Crippen molar-refractivity contribution < 1.29 is 9.13 Å². The molecule has 0 spiro atoms. The van der Waals surface area contributed by atoms with Crippen LogP contribution < -0.4 is 10.1 Å². The SMILES string of the molecule is COc1ccc(Nc2ccc(C)c(Cl)c2)c(F)c1. The van der Waals surface area contributed by atoms with Crippen molar-refractivity contribution >= 4 is 23.0 Å². The highest BCUT2D eigenvalue weighted by atomic mass is 35.5. The fourth-order valence-corrected chi connectivity index (χ4v) is 1.73. The largest absolute Gasteiger partial charge is 0.497 e. The van der Waals surface area contributed by atoms with Crippen molar-refractivity contribution in [1.82, 2.24) is 0 Å². The first-order valence-electron chi connectivity index (χ1n) is 5.47. The van der Waals surface area contributed by atoms with Gasteiger partial charge in [-0.05, 0) is 36.8 Å². The van der Waals surface area contributed by atoms with E-state index in [2.05, 4.69) is 5.32 Å². The van der Waals surface area contributed by atoms with Gasteiger partial charge in [-0.1, -0.05) is 17.7 Å². The monoisotopic (exact) mass is 265 g/mol. The van der Waals surface area contributed by atoms with Crippen molar-refractivity contribution in [3.63, 3.8) is 0 Å². The molecule has 0 amide bonds. The number of halogens is 2. The summed E-state index contributed by atoms with van der Waals surface area (Å²) in [5, 5.41) is 3.62. The number of hydrogen-bond donors (Lipinski definition) is 1. The van der Waals surface area contributed by atoms with E-state index in [1.165, 1.54) is 13.2 Å². The van der Waals surface area contributed by atoms with Crippen LogP contribution in [0.1, 0.15) is 5.56 Å². The Morgan fingerprint density at radius 1 is 1.17 bits per heavy atom. The Bertz CT molecular complexity index is 572. The van der Waals surface area contributed by atoms with Gasteiger partial charge < -0.3 is 10.1 Å². The molecular weight excluding hydrogens is 253 g/mol. The molecule has 0 bridgehead atoms. The molecule has 1 N–H and O–H groups in total. The van der Waals surface area contributed by atoms with E-state index in [0.717, 1.165) is 11.3 Å². The Morgan fingerprint density at radius 3 is 2.56 bits per heavy atom. The molecule has 0 saturated heterocycles. The number of anilines is 2. The zero-order valence-corrected chi connectivity index (χ0v) is 10.9. The van der Waals surface area contributed by atoms with Crippen molar-refractivity contribution in [2.75, 3.05) is 12.4 Å². The Kier molecular flexibility index (Phi) is 3.72. The van der Waals surface area contributed by atoms with Crippen LogP contribution in [0.15, 0.2) is 36.4 Å². The summed E-state index contributed by atoms with van der Waals surface area (Å²) < 4.78 is 18.7. The van der Waals surface area contributed by atoms with Gasteiger partial charge in [0.25, 0.3) is 0 Å². The topological polar surface area (TPSA) is 21.3 Å². The third-order valence-electron chi connectivity index (χ3n) is 2.63. The summed E-state index contributed by atoms with van der Waals surface area (Å²) in [4.78, 5) is 0. The lowest BCUT2D eigenvalue weighted by molar-refractivity contribution is 0.411. The second-order valence-corrected chi connectivity index (χ2v) is 4.34. The van der Waals surface area contributed by atoms with E-state index in [-0.39, 0.29) is 5.82 Å². The maximum absolute atomic E-state index is 13.7. The van der Waals surface area contributed by atoms with E-state index in [1.54, 1.807) is 18.2 Å². The van der Waals surface area contributed by atoms with Gasteiger partial charge in [-0.25, -0.2) is 4.39 Å². The van der Waals surface area contributed by atoms with E-state index >= 15 is 0 Å². The summed E-state index contributed by atoms with van der Waals surface area (Å²) >= 11 is 6.01. The summed E-state index contributed by atoms with van der Waals surface area (Å²) in [6.07, 6.45) is 0. The van der Waals surface area contributed by atoms with E-state index in [9.17, 15) is 4.39 Å². The second kappa shape index (κ2) is 5.27. The lowest BCUT2D eigenvalue weighted by atomic mass is 10.2. The Hall–Kier alpha value is -1.74. The number of ether oxygens (including phenoxy) is 1. The zero-order valence-electron chi connectivity index (χ0n) is 10.1. The number of nitrogens with one attached hydrogen (secondary N) is 1. The van der Waals surface area contributed by atoms with Gasteiger partial charge in [-0.2, -0.15) is 0 Å². The Labute approximate surface area is 110 Å². The summed E-state index contributed by atoms with van der Waals surface area (Å²) in [5.74, 6) is 0.117. The molecule has 18 heavy (non-hydrogen) atoms. The molecule has 0 heterocycles. The van der Waals surface area contributed by atoms with Crippen LogP contribution in [0.5, 0.6) is 5.75 Å². The smallest absolute Gasteiger partial charge is 0.150 e. The van der Waals surface area contributed by atoms with Gasteiger partial charge in [0.05, 0.1) is 12.8 Å². The molecule has 0 aromatic heterocycles. The Morgan fingerprint density at radius 2 is 1.94 bits per heavy atom. The van der Waals surface area contributed by atoms with Crippen LogP contribution in [0.3, 0.4) is 0 Å². The van der Waals surface area contributed by atoms with Gasteiger partial charge in [-0.3, -0.25) is 0 Å². The maximum atomic E-state index is 13.7. The molecule has 0 aliphatic carbocycles. The fourth-order valence-electron chi connectivity index (χ4n) is 1.55. The van der Waals surface area contributed by atoms with E-state index in [0.29, 0.717) is 16.5 Å². The van der Waals surface area contributed by atoms with Gasteiger partial charge in [0, 0.05) is 16.8 Å². The highest BCUT2D eigenvalue weighted by molar-refractivity contribution is 6.31. The average molecular weight is 266 g/mol. The minimum atomic E-state index is -0.369. The quantitative estimate of drug-likeness (QED) is 0.880. The number of methoxy groups -OCH3 is 1. The van der Waals surface area contributed by atoms with E-state index in [4.69, 9.17) is 16.3 Å². The van der Waals surface area contributed by atoms with Gasteiger partial charge in [0.1, 0.15) is 11.6 Å². The zero-order chi connectivity index (χ0) is 13.1. The molecule has 0 aliphatic rings. The molecule has 0 aliphatic heterocycles. The normalized spacial score (nSPS) is 10.2. The van der Waals surface area contributed by atoms with Crippen LogP contribution in [0.2, 0.25) is 5.02 Å². The van der Waals surface area contributed by atoms with Crippen molar-refractivity contribution in [2.24, 2.45) is 0 Å². The lowest BCUT2D eigenvalue weighted by Gasteiger charge is -2.10. The van der Waals surface area contributed by atoms with Gasteiger partial charge in [0.15, 0.2) is 0 Å². The lowest BCUT2D eigenvalue weighted by Crippen LogP contribution is -1.95. The molecular formula is C14H13ClFNO. The van der Waals surface area contributed by atoms with Crippen molar-refractivity contribution in [1.29, 1.82) is 0 Å². The molecule has 0 saturated carbocycles. The van der Waals surface area contributed by atoms with Crippen LogP contribution in [0.4, 0.5) is 15.8 Å². The van der Waals surface area contributed by atoms with Gasteiger partial charge >= 0.3 is 0 Å². The van der Waals surface area contributed by atoms with Crippen molar-refractivity contribution in [3.8, 4) is 5.75 Å². The third-order valence-corrected chi connectivity index (χ3v) is 3.03. The van der Waals surface area contributed by atoms with Crippen molar-refractivity contribution in [2.45, 2.75) is 6.92 Å². The standard InChI is InChI=1S/C14H13ClFNO/c1-9-3-4-10(7-12(9)15)17-14-6-5-11(18-2)8-13(14)16/h3-8,17H,1-2H3. The number of rotatable bonds is 3. The number of hydrogen-bond acceptors (Lipinski definition) is 2. The minimum Gasteiger partial charge on any atom is -0.497 e. The third kappa shape index (κ3) is 2.74. The number of aryl methyl sites for hydroxylation is 1. The second-order valence-electron chi connectivity index (χ2n) is 3.93. The summed E-state index contributed by atoms with van der Waals surface area (Å²) in [7, 11) is 1.50. The molecule has 0 atom stereocenters. The molecule has 0 radical (unpaired) electrons. The van der Waals surface area contributed by atoms with Crippen LogP contribution in [-0.4, -0.2) is 7.11 Å². The summed E-state index contributed by atoms with van der Waals surface area (Å²) in [6, 6.07) is 10.2. The van der Waals surface area contributed by atoms with Gasteiger partial charge in [0.2, 0.25) is 0 Å². The number of benzene rings is 2. The molecule has 0 fully saturated rings. The first-order valence-corrected chi connectivity index (χ1v) is 5.84. The highest BCUT2D eigenvalue weighted by Crippen LogP contribution is 2.26. The molecule has 2 rings (SSSR count). The first-order chi connectivity index (χ1) is 8.60. The molecule has 2 aromatic rings. The van der Waals surface area contributed by atoms with Crippen LogP contribution in [-0.2, 0) is 0 Å². The molecule has 2 nitrogen and oxygen atoms in total. The Balaban J connectivity index is 2.25. The predicted octanol–water partition coefficient (Wildman–Crippen LogP) is 4.54. The molecule has 0 unspecified atom stereocenters.